The molecule has 0 fully saturated rings. The van der Waals surface area contributed by atoms with Gasteiger partial charge in [-0.1, -0.05) is 43.1 Å². The van der Waals surface area contributed by atoms with Crippen LogP contribution in [0.2, 0.25) is 10.0 Å². The second-order valence-corrected chi connectivity index (χ2v) is 6.46. The Morgan fingerprint density at radius 2 is 1.95 bits per heavy atom. The maximum absolute atomic E-state index is 11.7. The highest BCUT2D eigenvalue weighted by atomic mass is 35.5. The Morgan fingerprint density at radius 3 is 2.47 bits per heavy atom. The van der Waals surface area contributed by atoms with Crippen molar-refractivity contribution < 1.29 is 8.42 Å². The molecule has 2 N–H and O–H groups in total. The van der Waals surface area contributed by atoms with Crippen molar-refractivity contribution in [3.8, 4) is 0 Å². The van der Waals surface area contributed by atoms with Gasteiger partial charge in [0.05, 0.1) is 15.5 Å². The predicted molar refractivity (Wildman–Crippen MR) is 80.9 cm³/mol. The summed E-state index contributed by atoms with van der Waals surface area (Å²) in [5.74, 6) is -0.0630. The van der Waals surface area contributed by atoms with Crippen molar-refractivity contribution in [2.24, 2.45) is 16.0 Å². The summed E-state index contributed by atoms with van der Waals surface area (Å²) < 4.78 is 26.8. The minimum Gasteiger partial charge on any atom is -0.386 e. The van der Waals surface area contributed by atoms with Crippen LogP contribution in [0.3, 0.4) is 0 Å². The summed E-state index contributed by atoms with van der Waals surface area (Å²) in [6, 6.07) is 4.79. The monoisotopic (exact) mass is 320 g/mol. The SMILES string of the molecule is CC(C)C(N)=NS(=O)(=O)/C=C/c1ccc(Cl)c(Cl)c1. The summed E-state index contributed by atoms with van der Waals surface area (Å²) in [7, 11) is -3.74. The number of benzene rings is 1. The quantitative estimate of drug-likeness (QED) is 0.683. The molecule has 0 saturated heterocycles. The summed E-state index contributed by atoms with van der Waals surface area (Å²) in [6.45, 7) is 3.52. The molecule has 0 amide bonds. The number of hydrogen-bond acceptors (Lipinski definition) is 2. The average Bonchev–Trinajstić information content (AvgIpc) is 2.30. The number of sulfonamides is 1. The molecule has 7 heteroatoms. The Bertz CT molecular complexity index is 623. The molecular weight excluding hydrogens is 307 g/mol. The van der Waals surface area contributed by atoms with E-state index in [1.165, 1.54) is 6.08 Å². The Labute approximate surface area is 123 Å². The van der Waals surface area contributed by atoms with E-state index in [2.05, 4.69) is 4.40 Å². The Hall–Kier alpha value is -1.04. The number of hydrogen-bond donors (Lipinski definition) is 1. The van der Waals surface area contributed by atoms with Crippen LogP contribution in [0.25, 0.3) is 6.08 Å². The van der Waals surface area contributed by atoms with Gasteiger partial charge in [-0.15, -0.1) is 4.40 Å². The Kier molecular flexibility index (Phi) is 5.40. The third kappa shape index (κ3) is 5.22. The van der Waals surface area contributed by atoms with Crippen LogP contribution in [-0.2, 0) is 10.0 Å². The largest absolute Gasteiger partial charge is 0.386 e. The number of rotatable bonds is 4. The van der Waals surface area contributed by atoms with Gasteiger partial charge in [-0.3, -0.25) is 0 Å². The summed E-state index contributed by atoms with van der Waals surface area (Å²) in [5.41, 5.74) is 6.12. The summed E-state index contributed by atoms with van der Waals surface area (Å²) in [6.07, 6.45) is 1.38. The molecule has 0 aliphatic carbocycles. The van der Waals surface area contributed by atoms with Crippen LogP contribution in [0.5, 0.6) is 0 Å². The van der Waals surface area contributed by atoms with Gasteiger partial charge in [0.2, 0.25) is 0 Å². The van der Waals surface area contributed by atoms with E-state index in [1.807, 2.05) is 0 Å². The van der Waals surface area contributed by atoms with Crippen LogP contribution in [0.1, 0.15) is 19.4 Å². The van der Waals surface area contributed by atoms with Crippen LogP contribution >= 0.6 is 23.2 Å². The van der Waals surface area contributed by atoms with Gasteiger partial charge in [-0.05, 0) is 23.8 Å². The van der Waals surface area contributed by atoms with Gasteiger partial charge in [0.15, 0.2) is 0 Å². The first kappa shape index (κ1) is 16.0. The highest BCUT2D eigenvalue weighted by Crippen LogP contribution is 2.23. The van der Waals surface area contributed by atoms with E-state index < -0.39 is 10.0 Å². The number of halogens is 2. The lowest BCUT2D eigenvalue weighted by atomic mass is 10.2. The number of nitrogens with two attached hydrogens (primary N) is 1. The predicted octanol–water partition coefficient (Wildman–Crippen LogP) is 3.31. The minimum absolute atomic E-state index is 0.0683. The van der Waals surface area contributed by atoms with E-state index in [0.717, 1.165) is 5.41 Å². The van der Waals surface area contributed by atoms with Crippen molar-refractivity contribution in [3.05, 3.63) is 39.2 Å². The molecule has 0 aliphatic rings. The van der Waals surface area contributed by atoms with E-state index in [-0.39, 0.29) is 11.8 Å². The fraction of sp³-hybridized carbons (Fsp3) is 0.250. The van der Waals surface area contributed by atoms with Gasteiger partial charge in [0.25, 0.3) is 10.0 Å². The lowest BCUT2D eigenvalue weighted by Gasteiger charge is -2.02. The maximum atomic E-state index is 11.7. The van der Waals surface area contributed by atoms with Gasteiger partial charge in [0, 0.05) is 5.92 Å². The zero-order valence-corrected chi connectivity index (χ0v) is 12.8. The summed E-state index contributed by atoms with van der Waals surface area (Å²) in [5, 5.41) is 1.73. The van der Waals surface area contributed by atoms with Gasteiger partial charge in [-0.25, -0.2) is 0 Å². The molecule has 1 rings (SSSR count). The van der Waals surface area contributed by atoms with E-state index in [9.17, 15) is 8.42 Å². The normalized spacial score (nSPS) is 13.4. The third-order valence-electron chi connectivity index (χ3n) is 2.20. The molecule has 0 heterocycles. The first-order chi connectivity index (χ1) is 8.71. The molecule has 0 radical (unpaired) electrons. The standard InChI is InChI=1S/C12H14Cl2N2O2S/c1-8(2)12(15)16-19(17,18)6-5-9-3-4-10(13)11(14)7-9/h3-8H,1-2H3,(H2,15,16)/b6-5+. The van der Waals surface area contributed by atoms with Gasteiger partial charge >= 0.3 is 0 Å². The van der Waals surface area contributed by atoms with Crippen molar-refractivity contribution in [1.82, 2.24) is 0 Å². The lowest BCUT2D eigenvalue weighted by molar-refractivity contribution is 0.606. The average molecular weight is 321 g/mol. The molecule has 0 spiro atoms. The van der Waals surface area contributed by atoms with Crippen LogP contribution in [0, 0.1) is 5.92 Å². The van der Waals surface area contributed by atoms with Crippen LogP contribution in [-0.4, -0.2) is 14.3 Å². The topological polar surface area (TPSA) is 72.5 Å². The molecule has 0 aliphatic heterocycles. The van der Waals surface area contributed by atoms with Crippen LogP contribution < -0.4 is 5.73 Å². The van der Waals surface area contributed by atoms with E-state index in [4.69, 9.17) is 28.9 Å². The molecule has 1 aromatic rings. The van der Waals surface area contributed by atoms with Crippen LogP contribution in [0.4, 0.5) is 0 Å². The molecular formula is C12H14Cl2N2O2S. The molecule has 0 unspecified atom stereocenters. The number of nitrogens with zero attached hydrogens (tertiary/aromatic N) is 1. The fourth-order valence-electron chi connectivity index (χ4n) is 1.06. The highest BCUT2D eigenvalue weighted by molar-refractivity contribution is 7.93. The zero-order valence-electron chi connectivity index (χ0n) is 10.5. The first-order valence-corrected chi connectivity index (χ1v) is 7.70. The van der Waals surface area contributed by atoms with E-state index >= 15 is 0 Å². The van der Waals surface area contributed by atoms with E-state index in [1.54, 1.807) is 32.0 Å². The summed E-state index contributed by atoms with van der Waals surface area (Å²) >= 11 is 11.6. The van der Waals surface area contributed by atoms with Gasteiger partial charge < -0.3 is 5.73 Å². The molecule has 104 valence electrons. The van der Waals surface area contributed by atoms with Crippen molar-refractivity contribution in [2.75, 3.05) is 0 Å². The molecule has 19 heavy (non-hydrogen) atoms. The number of amidine groups is 1. The molecule has 0 bridgehead atoms. The first-order valence-electron chi connectivity index (χ1n) is 5.45. The Balaban J connectivity index is 2.98. The summed E-state index contributed by atoms with van der Waals surface area (Å²) in [4.78, 5) is 0. The second-order valence-electron chi connectivity index (χ2n) is 4.16. The zero-order chi connectivity index (χ0) is 14.6. The van der Waals surface area contributed by atoms with Gasteiger partial charge in [-0.2, -0.15) is 8.42 Å². The van der Waals surface area contributed by atoms with Crippen molar-refractivity contribution in [3.63, 3.8) is 0 Å². The smallest absolute Gasteiger partial charge is 0.277 e. The highest BCUT2D eigenvalue weighted by Gasteiger charge is 2.07. The second kappa shape index (κ2) is 6.41. The molecule has 0 saturated carbocycles. The minimum atomic E-state index is -3.74. The lowest BCUT2D eigenvalue weighted by Crippen LogP contribution is -2.20. The Morgan fingerprint density at radius 1 is 1.32 bits per heavy atom. The molecule has 1 aromatic carbocycles. The molecule has 4 nitrogen and oxygen atoms in total. The van der Waals surface area contributed by atoms with Crippen molar-refractivity contribution in [2.45, 2.75) is 13.8 Å². The van der Waals surface area contributed by atoms with Gasteiger partial charge in [0.1, 0.15) is 5.84 Å². The van der Waals surface area contributed by atoms with Crippen molar-refractivity contribution >= 4 is 45.1 Å². The third-order valence-corrected chi connectivity index (χ3v) is 3.88. The molecule has 0 aromatic heterocycles. The van der Waals surface area contributed by atoms with E-state index in [0.29, 0.717) is 15.6 Å². The maximum Gasteiger partial charge on any atom is 0.277 e. The van der Waals surface area contributed by atoms with Crippen LogP contribution in [0.15, 0.2) is 28.0 Å². The van der Waals surface area contributed by atoms with Crippen molar-refractivity contribution in [1.29, 1.82) is 0 Å². The fourth-order valence-corrected chi connectivity index (χ4v) is 2.26. The molecule has 0 atom stereocenters.